The molecule has 1 atom stereocenters. The summed E-state index contributed by atoms with van der Waals surface area (Å²) in [6, 6.07) is 6.41. The van der Waals surface area contributed by atoms with E-state index >= 15 is 0 Å². The van der Waals surface area contributed by atoms with Gasteiger partial charge in [0.25, 0.3) is 0 Å². The maximum atomic E-state index is 5.89. The highest BCUT2D eigenvalue weighted by atomic mass is 16.7. The van der Waals surface area contributed by atoms with Gasteiger partial charge in [0.15, 0.2) is 0 Å². The fraction of sp³-hybridized carbons (Fsp3) is 0.529. The number of hydrogen-bond acceptors (Lipinski definition) is 4. The van der Waals surface area contributed by atoms with E-state index in [2.05, 4.69) is 31.2 Å². The van der Waals surface area contributed by atoms with Crippen molar-refractivity contribution in [2.24, 2.45) is 0 Å². The third-order valence-electron chi connectivity index (χ3n) is 3.62. The fourth-order valence-corrected chi connectivity index (χ4v) is 2.63. The number of aryl methyl sites for hydroxylation is 1. The Bertz CT molecular complexity index is 482. The summed E-state index contributed by atoms with van der Waals surface area (Å²) in [6.07, 6.45) is 3.75. The molecule has 2 rings (SSSR count). The second kappa shape index (κ2) is 8.17. The lowest BCUT2D eigenvalue weighted by atomic mass is 9.88. The van der Waals surface area contributed by atoms with Crippen molar-refractivity contribution in [3.63, 3.8) is 0 Å². The van der Waals surface area contributed by atoms with E-state index in [1.165, 1.54) is 16.7 Å². The number of ether oxygens (including phenoxy) is 4. The molecule has 1 aliphatic rings. The van der Waals surface area contributed by atoms with Crippen LogP contribution in [0.1, 0.15) is 29.7 Å². The first kappa shape index (κ1) is 16.0. The average Bonchev–Trinajstić information content (AvgIpc) is 2.53. The molecule has 1 unspecified atom stereocenters. The van der Waals surface area contributed by atoms with Gasteiger partial charge in [-0.2, -0.15) is 0 Å². The van der Waals surface area contributed by atoms with Crippen molar-refractivity contribution in [3.05, 3.63) is 46.7 Å². The molecule has 1 aromatic rings. The van der Waals surface area contributed by atoms with Gasteiger partial charge in [-0.3, -0.25) is 0 Å². The van der Waals surface area contributed by atoms with E-state index in [0.717, 1.165) is 18.6 Å². The molecule has 0 aliphatic heterocycles. The zero-order valence-corrected chi connectivity index (χ0v) is 13.1. The highest BCUT2D eigenvalue weighted by Gasteiger charge is 2.27. The molecule has 0 radical (unpaired) electrons. The Labute approximate surface area is 126 Å². The molecule has 0 spiro atoms. The molecule has 4 heteroatoms. The van der Waals surface area contributed by atoms with Crippen molar-refractivity contribution in [1.29, 1.82) is 0 Å². The highest BCUT2D eigenvalue weighted by Crippen LogP contribution is 2.36. The predicted octanol–water partition coefficient (Wildman–Crippen LogP) is 3.01. The number of methoxy groups -OCH3 is 2. The Balaban J connectivity index is 2.25. The topological polar surface area (TPSA) is 36.9 Å². The Kier molecular flexibility index (Phi) is 6.23. The van der Waals surface area contributed by atoms with Gasteiger partial charge < -0.3 is 18.9 Å². The van der Waals surface area contributed by atoms with Crippen LogP contribution in [-0.4, -0.2) is 34.2 Å². The lowest BCUT2D eigenvalue weighted by Crippen LogP contribution is -2.20. The zero-order valence-electron chi connectivity index (χ0n) is 13.1. The summed E-state index contributed by atoms with van der Waals surface area (Å²) in [5, 5.41) is 0. The van der Waals surface area contributed by atoms with E-state index in [1.807, 2.05) is 0 Å². The van der Waals surface area contributed by atoms with Crippen LogP contribution >= 0.6 is 0 Å². The van der Waals surface area contributed by atoms with Crippen molar-refractivity contribution in [1.82, 2.24) is 0 Å². The lowest BCUT2D eigenvalue weighted by molar-refractivity contribution is -0.0800. The number of rotatable bonds is 8. The van der Waals surface area contributed by atoms with E-state index in [4.69, 9.17) is 18.9 Å². The number of benzene rings is 1. The summed E-state index contributed by atoms with van der Waals surface area (Å²) >= 11 is 0. The molecule has 21 heavy (non-hydrogen) atoms. The molecule has 4 nitrogen and oxygen atoms in total. The van der Waals surface area contributed by atoms with E-state index in [1.54, 1.807) is 14.2 Å². The molecule has 1 aliphatic carbocycles. The van der Waals surface area contributed by atoms with Crippen LogP contribution in [0.4, 0.5) is 0 Å². The number of hydrogen-bond donors (Lipinski definition) is 0. The smallest absolute Gasteiger partial charge is 0.147 e. The molecule has 0 fully saturated rings. The van der Waals surface area contributed by atoms with Gasteiger partial charge in [-0.15, -0.1) is 0 Å². The molecule has 0 N–H and O–H groups in total. The SMILES string of the molecule is CCc1cccc2c1C(OCOC)C(OCCOC)=CC2. The van der Waals surface area contributed by atoms with E-state index in [9.17, 15) is 0 Å². The molecular weight excluding hydrogens is 268 g/mol. The van der Waals surface area contributed by atoms with E-state index in [0.29, 0.717) is 13.2 Å². The third kappa shape index (κ3) is 3.84. The summed E-state index contributed by atoms with van der Waals surface area (Å²) < 4.78 is 21.9. The molecule has 0 amide bonds. The van der Waals surface area contributed by atoms with Gasteiger partial charge >= 0.3 is 0 Å². The Morgan fingerprint density at radius 3 is 2.71 bits per heavy atom. The number of fused-ring (bicyclic) bond motifs is 1. The van der Waals surface area contributed by atoms with Gasteiger partial charge in [0.2, 0.25) is 0 Å². The van der Waals surface area contributed by atoms with Crippen LogP contribution in [0, 0.1) is 0 Å². The average molecular weight is 292 g/mol. The van der Waals surface area contributed by atoms with Crippen LogP contribution in [0.2, 0.25) is 0 Å². The predicted molar refractivity (Wildman–Crippen MR) is 81.1 cm³/mol. The summed E-state index contributed by atoms with van der Waals surface area (Å²) in [4.78, 5) is 0. The van der Waals surface area contributed by atoms with Crippen LogP contribution in [0.25, 0.3) is 0 Å². The first-order valence-corrected chi connectivity index (χ1v) is 7.34. The quantitative estimate of drug-likeness (QED) is 0.545. The minimum atomic E-state index is -0.193. The van der Waals surface area contributed by atoms with Crippen LogP contribution in [0.5, 0.6) is 0 Å². The molecular formula is C17H24O4. The van der Waals surface area contributed by atoms with Gasteiger partial charge in [-0.05, 0) is 35.6 Å². The Morgan fingerprint density at radius 1 is 1.14 bits per heavy atom. The van der Waals surface area contributed by atoms with Crippen molar-refractivity contribution in [2.75, 3.05) is 34.2 Å². The minimum absolute atomic E-state index is 0.193. The lowest BCUT2D eigenvalue weighted by Gasteiger charge is -2.29. The fourth-order valence-electron chi connectivity index (χ4n) is 2.63. The molecule has 0 saturated heterocycles. The normalized spacial score (nSPS) is 17.3. The Morgan fingerprint density at radius 2 is 2.00 bits per heavy atom. The van der Waals surface area contributed by atoms with Crippen LogP contribution in [0.15, 0.2) is 30.0 Å². The second-order valence-corrected chi connectivity index (χ2v) is 4.95. The molecule has 0 saturated carbocycles. The molecule has 1 aromatic carbocycles. The maximum absolute atomic E-state index is 5.89. The van der Waals surface area contributed by atoms with Crippen LogP contribution in [0.3, 0.4) is 0 Å². The molecule has 116 valence electrons. The van der Waals surface area contributed by atoms with Crippen molar-refractivity contribution in [3.8, 4) is 0 Å². The summed E-state index contributed by atoms with van der Waals surface area (Å²) in [5.41, 5.74) is 3.83. The largest absolute Gasteiger partial charge is 0.493 e. The standard InChI is InChI=1S/C17H24O4/c1-4-13-6-5-7-14-8-9-15(20-11-10-18-2)17(16(13)14)21-12-19-3/h5-7,9,17H,4,8,10-12H2,1-3H3. The van der Waals surface area contributed by atoms with Crippen molar-refractivity contribution in [2.45, 2.75) is 25.9 Å². The second-order valence-electron chi connectivity index (χ2n) is 4.95. The van der Waals surface area contributed by atoms with Crippen LogP contribution < -0.4 is 0 Å². The summed E-state index contributed by atoms with van der Waals surface area (Å²) in [5.74, 6) is 0.859. The Hall–Kier alpha value is -1.36. The van der Waals surface area contributed by atoms with Crippen LogP contribution in [-0.2, 0) is 31.8 Å². The summed E-state index contributed by atoms with van der Waals surface area (Å²) in [7, 11) is 3.30. The highest BCUT2D eigenvalue weighted by molar-refractivity contribution is 5.44. The van der Waals surface area contributed by atoms with Gasteiger partial charge in [0.1, 0.15) is 25.3 Å². The van der Waals surface area contributed by atoms with E-state index in [-0.39, 0.29) is 12.9 Å². The molecule has 0 aromatic heterocycles. The monoisotopic (exact) mass is 292 g/mol. The molecule has 0 heterocycles. The zero-order chi connectivity index (χ0) is 15.1. The van der Waals surface area contributed by atoms with Gasteiger partial charge in [0.05, 0.1) is 6.61 Å². The maximum Gasteiger partial charge on any atom is 0.147 e. The first-order valence-electron chi connectivity index (χ1n) is 7.34. The van der Waals surface area contributed by atoms with Gasteiger partial charge in [-0.25, -0.2) is 0 Å². The first-order chi connectivity index (χ1) is 10.3. The van der Waals surface area contributed by atoms with Crippen molar-refractivity contribution < 1.29 is 18.9 Å². The van der Waals surface area contributed by atoms with Crippen molar-refractivity contribution >= 4 is 0 Å². The third-order valence-corrected chi connectivity index (χ3v) is 3.62. The minimum Gasteiger partial charge on any atom is -0.493 e. The summed E-state index contributed by atoms with van der Waals surface area (Å²) in [6.45, 7) is 3.50. The van der Waals surface area contributed by atoms with Gasteiger partial charge in [-0.1, -0.05) is 25.1 Å². The molecule has 0 bridgehead atoms. The van der Waals surface area contributed by atoms with E-state index < -0.39 is 0 Å². The number of allylic oxidation sites excluding steroid dienone is 1. The van der Waals surface area contributed by atoms with Gasteiger partial charge in [0, 0.05) is 14.2 Å².